The zero-order valence-electron chi connectivity index (χ0n) is 17.1. The summed E-state index contributed by atoms with van der Waals surface area (Å²) < 4.78 is 2.91. The number of rotatable bonds is 6. The number of aromatic amines is 1. The SMILES string of the molecule is O=C(Nc1[nH]n(-c2ccccc2)c(=O)c1Sc1nnnn1-c1ccccc1)c1ccccc1. The molecule has 0 unspecified atom stereocenters. The number of carbonyl (C=O) groups is 1. The van der Waals surface area contributed by atoms with Crippen molar-refractivity contribution in [1.29, 1.82) is 0 Å². The zero-order valence-corrected chi connectivity index (χ0v) is 17.9. The van der Waals surface area contributed by atoms with Gasteiger partial charge in [0.1, 0.15) is 10.7 Å². The van der Waals surface area contributed by atoms with E-state index < -0.39 is 0 Å². The van der Waals surface area contributed by atoms with E-state index in [4.69, 9.17) is 0 Å². The van der Waals surface area contributed by atoms with Crippen molar-refractivity contribution in [3.8, 4) is 11.4 Å². The number of anilines is 1. The molecule has 0 bridgehead atoms. The Labute approximate surface area is 192 Å². The number of hydrogen-bond acceptors (Lipinski definition) is 6. The molecule has 0 aliphatic heterocycles. The topological polar surface area (TPSA) is 110 Å². The zero-order chi connectivity index (χ0) is 22.6. The second-order valence-electron chi connectivity index (χ2n) is 6.92. The highest BCUT2D eigenvalue weighted by atomic mass is 32.2. The molecule has 2 N–H and O–H groups in total. The highest BCUT2D eigenvalue weighted by Crippen LogP contribution is 2.30. The minimum atomic E-state index is -0.346. The first-order valence-corrected chi connectivity index (χ1v) is 10.8. The van der Waals surface area contributed by atoms with Crippen LogP contribution >= 0.6 is 11.8 Å². The van der Waals surface area contributed by atoms with Crippen molar-refractivity contribution < 1.29 is 4.79 Å². The number of nitrogens with one attached hydrogen (secondary N) is 2. The number of para-hydroxylation sites is 2. The Morgan fingerprint density at radius 1 is 0.848 bits per heavy atom. The van der Waals surface area contributed by atoms with Crippen LogP contribution in [-0.4, -0.2) is 35.9 Å². The molecular formula is C23H17N7O2S. The standard InChI is InChI=1S/C23H17N7O2S/c31-21(16-10-4-1-5-11-16)24-20-19(22(32)29(26-20)17-12-6-2-7-13-17)33-23-25-27-28-30(23)18-14-8-3-9-15-18/h1-15,26H,(H,24,31). The summed E-state index contributed by atoms with van der Waals surface area (Å²) in [7, 11) is 0. The van der Waals surface area contributed by atoms with E-state index in [9.17, 15) is 9.59 Å². The van der Waals surface area contributed by atoms with Crippen LogP contribution in [0.4, 0.5) is 5.82 Å². The van der Waals surface area contributed by atoms with Gasteiger partial charge in [-0.15, -0.1) is 5.10 Å². The van der Waals surface area contributed by atoms with Gasteiger partial charge >= 0.3 is 0 Å². The molecule has 2 heterocycles. The van der Waals surface area contributed by atoms with Gasteiger partial charge in [0.05, 0.1) is 11.4 Å². The molecule has 2 aromatic heterocycles. The van der Waals surface area contributed by atoms with Gasteiger partial charge in [-0.25, -0.2) is 4.68 Å². The summed E-state index contributed by atoms with van der Waals surface area (Å²) in [6.07, 6.45) is 0. The second-order valence-corrected chi connectivity index (χ2v) is 7.90. The van der Waals surface area contributed by atoms with Crippen LogP contribution in [0.1, 0.15) is 10.4 Å². The summed E-state index contributed by atoms with van der Waals surface area (Å²) in [5.74, 6) is -0.0909. The van der Waals surface area contributed by atoms with Gasteiger partial charge in [0.25, 0.3) is 11.5 Å². The van der Waals surface area contributed by atoms with Crippen LogP contribution in [0, 0.1) is 0 Å². The average Bonchev–Trinajstić information content (AvgIpc) is 3.46. The molecule has 33 heavy (non-hydrogen) atoms. The lowest BCUT2D eigenvalue weighted by Crippen LogP contribution is -2.15. The maximum absolute atomic E-state index is 13.4. The van der Waals surface area contributed by atoms with E-state index in [1.54, 1.807) is 36.4 Å². The molecule has 0 aliphatic carbocycles. The van der Waals surface area contributed by atoms with Crippen molar-refractivity contribution in [2.24, 2.45) is 0 Å². The van der Waals surface area contributed by atoms with E-state index >= 15 is 0 Å². The molecule has 9 nitrogen and oxygen atoms in total. The molecule has 0 saturated heterocycles. The fourth-order valence-electron chi connectivity index (χ4n) is 3.20. The third kappa shape index (κ3) is 4.19. The predicted octanol–water partition coefficient (Wildman–Crippen LogP) is 3.54. The van der Waals surface area contributed by atoms with Crippen molar-refractivity contribution in [1.82, 2.24) is 30.0 Å². The minimum absolute atomic E-state index is 0.255. The highest BCUT2D eigenvalue weighted by Gasteiger charge is 2.22. The lowest BCUT2D eigenvalue weighted by Gasteiger charge is -2.06. The maximum Gasteiger partial charge on any atom is 0.287 e. The molecule has 5 rings (SSSR count). The Bertz CT molecular complexity index is 1440. The molecule has 0 radical (unpaired) electrons. The van der Waals surface area contributed by atoms with E-state index in [2.05, 4.69) is 25.9 Å². The van der Waals surface area contributed by atoms with E-state index in [0.29, 0.717) is 16.4 Å². The lowest BCUT2D eigenvalue weighted by atomic mass is 10.2. The monoisotopic (exact) mass is 455 g/mol. The van der Waals surface area contributed by atoms with Gasteiger partial charge in [-0.05, 0) is 58.6 Å². The smallest absolute Gasteiger partial charge is 0.287 e. The molecule has 3 aromatic carbocycles. The van der Waals surface area contributed by atoms with Crippen LogP contribution in [0.25, 0.3) is 11.4 Å². The summed E-state index contributed by atoms with van der Waals surface area (Å²) in [6.45, 7) is 0. The molecule has 0 atom stereocenters. The highest BCUT2D eigenvalue weighted by molar-refractivity contribution is 7.99. The van der Waals surface area contributed by atoms with Crippen molar-refractivity contribution in [3.63, 3.8) is 0 Å². The van der Waals surface area contributed by atoms with E-state index in [1.807, 2.05) is 54.6 Å². The molecule has 0 spiro atoms. The van der Waals surface area contributed by atoms with Gasteiger partial charge < -0.3 is 5.32 Å². The van der Waals surface area contributed by atoms with Gasteiger partial charge in [0.15, 0.2) is 0 Å². The number of aromatic nitrogens is 6. The number of amides is 1. The lowest BCUT2D eigenvalue weighted by molar-refractivity contribution is 0.102. The van der Waals surface area contributed by atoms with E-state index in [1.165, 1.54) is 9.36 Å². The third-order valence-electron chi connectivity index (χ3n) is 4.77. The molecule has 0 fully saturated rings. The van der Waals surface area contributed by atoms with Gasteiger partial charge in [0, 0.05) is 5.56 Å². The Kier molecular flexibility index (Phi) is 5.56. The largest absolute Gasteiger partial charge is 0.306 e. The molecule has 5 aromatic rings. The number of benzene rings is 3. The fraction of sp³-hybridized carbons (Fsp3) is 0. The van der Waals surface area contributed by atoms with Gasteiger partial charge in [-0.1, -0.05) is 54.6 Å². The molecule has 1 amide bonds. The maximum atomic E-state index is 13.4. The minimum Gasteiger partial charge on any atom is -0.306 e. The van der Waals surface area contributed by atoms with Crippen molar-refractivity contribution in [2.75, 3.05) is 5.32 Å². The van der Waals surface area contributed by atoms with E-state index in [0.717, 1.165) is 17.4 Å². The summed E-state index contributed by atoms with van der Waals surface area (Å²) in [4.78, 5) is 26.4. The Balaban J connectivity index is 1.56. The summed E-state index contributed by atoms with van der Waals surface area (Å²) in [6, 6.07) is 27.2. The van der Waals surface area contributed by atoms with Crippen LogP contribution in [0.2, 0.25) is 0 Å². The normalized spacial score (nSPS) is 10.8. The Hall–Kier alpha value is -4.44. The molecule has 0 aliphatic rings. The van der Waals surface area contributed by atoms with Gasteiger partial charge in [0.2, 0.25) is 5.16 Å². The van der Waals surface area contributed by atoms with Crippen LogP contribution in [0.3, 0.4) is 0 Å². The van der Waals surface area contributed by atoms with Crippen LogP contribution in [0.15, 0.2) is 106 Å². The molecule has 10 heteroatoms. The third-order valence-corrected chi connectivity index (χ3v) is 5.79. The van der Waals surface area contributed by atoms with Crippen LogP contribution < -0.4 is 10.9 Å². The van der Waals surface area contributed by atoms with Crippen LogP contribution in [0.5, 0.6) is 0 Å². The van der Waals surface area contributed by atoms with Crippen molar-refractivity contribution >= 4 is 23.5 Å². The number of tetrazole rings is 1. The number of H-pyrrole nitrogens is 1. The van der Waals surface area contributed by atoms with Gasteiger partial charge in [-0.3, -0.25) is 14.7 Å². The first kappa shape index (κ1) is 20.5. The molecular weight excluding hydrogens is 438 g/mol. The molecule has 162 valence electrons. The Morgan fingerprint density at radius 3 is 2.12 bits per heavy atom. The number of nitrogens with zero attached hydrogens (tertiary/aromatic N) is 5. The number of carbonyl (C=O) groups excluding carboxylic acids is 1. The first-order chi connectivity index (χ1) is 16.2. The van der Waals surface area contributed by atoms with Crippen molar-refractivity contribution in [3.05, 3.63) is 107 Å². The fourth-order valence-corrected chi connectivity index (χ4v) is 4.07. The van der Waals surface area contributed by atoms with Gasteiger partial charge in [-0.2, -0.15) is 4.68 Å². The van der Waals surface area contributed by atoms with E-state index in [-0.39, 0.29) is 22.2 Å². The second kappa shape index (κ2) is 8.97. The summed E-state index contributed by atoms with van der Waals surface area (Å²) >= 11 is 1.07. The quantitative estimate of drug-likeness (QED) is 0.405. The van der Waals surface area contributed by atoms with Crippen LogP contribution in [-0.2, 0) is 0 Å². The molecule has 0 saturated carbocycles. The average molecular weight is 456 g/mol. The first-order valence-electron chi connectivity index (χ1n) is 9.99. The predicted molar refractivity (Wildman–Crippen MR) is 124 cm³/mol. The summed E-state index contributed by atoms with van der Waals surface area (Å²) in [5.41, 5.74) is 1.51. The summed E-state index contributed by atoms with van der Waals surface area (Å²) in [5, 5.41) is 18.1. The Morgan fingerprint density at radius 2 is 1.45 bits per heavy atom. The van der Waals surface area contributed by atoms with Crippen molar-refractivity contribution in [2.45, 2.75) is 10.1 Å². The number of hydrogen-bond donors (Lipinski definition) is 2.